The van der Waals surface area contributed by atoms with Gasteiger partial charge >= 0.3 is 106 Å². The summed E-state index contributed by atoms with van der Waals surface area (Å²) in [5, 5.41) is 0. The normalized spacial score (nSPS) is 21.8. The van der Waals surface area contributed by atoms with E-state index in [1.54, 1.807) is 0 Å². The minimum atomic E-state index is 0. The third-order valence-corrected chi connectivity index (χ3v) is 4.47. The minimum Gasteiger partial charge on any atom is -0.870 e. The van der Waals surface area contributed by atoms with Gasteiger partial charge in [0.2, 0.25) is 0 Å². The van der Waals surface area contributed by atoms with Crippen LogP contribution in [-0.2, 0) is 0 Å². The Hall–Kier alpha value is -0.795. The predicted octanol–water partition coefficient (Wildman–Crippen LogP) is 3.98. The molecule has 20 heavy (non-hydrogen) atoms. The van der Waals surface area contributed by atoms with Gasteiger partial charge in [-0.05, 0) is 0 Å². The van der Waals surface area contributed by atoms with Gasteiger partial charge in [-0.15, -0.1) is 0 Å². The van der Waals surface area contributed by atoms with Crippen molar-refractivity contribution in [2.45, 2.75) is 64.2 Å². The quantitative estimate of drug-likeness (QED) is 0.602. The van der Waals surface area contributed by atoms with Crippen LogP contribution < -0.4 is 5.46 Å². The maximum atomic E-state index is 5.75. The molecule has 1 saturated carbocycles. The summed E-state index contributed by atoms with van der Waals surface area (Å²) >= 11 is 0. The molecule has 0 spiro atoms. The summed E-state index contributed by atoms with van der Waals surface area (Å²) in [4.78, 5) is 0. The molecule has 1 aromatic carbocycles. The summed E-state index contributed by atoms with van der Waals surface area (Å²) < 4.78 is 0. The molecule has 0 heterocycles. The maximum absolute atomic E-state index is 5.75. The topological polar surface area (TPSA) is 60.0 Å². The Labute approximate surface area is 125 Å². The van der Waals surface area contributed by atoms with Gasteiger partial charge in [0.05, 0.1) is 0 Å². The average molecular weight is 274 g/mol. The molecular weight excluding hydrogens is 247 g/mol. The molecule has 2 nitrogen and oxygen atoms in total. The van der Waals surface area contributed by atoms with Crippen LogP contribution >= 0.6 is 0 Å². The van der Waals surface area contributed by atoms with Crippen LogP contribution in [0.3, 0.4) is 0 Å². The van der Waals surface area contributed by atoms with Crippen LogP contribution in [0, 0.1) is 5.92 Å². The molecule has 2 rings (SSSR count). The SMILES string of the molecule is [B+2]c1ccc([C@H]2CC[C@H](CCCCC)CC2)cc1.[OH-].[OH-]. The van der Waals surface area contributed by atoms with Crippen LogP contribution in [0.4, 0.5) is 0 Å². The van der Waals surface area contributed by atoms with Crippen LogP contribution in [0.5, 0.6) is 0 Å². The summed E-state index contributed by atoms with van der Waals surface area (Å²) in [5.74, 6) is 1.79. The summed E-state index contributed by atoms with van der Waals surface area (Å²) in [7, 11) is 5.75. The Kier molecular flexibility index (Phi) is 9.61. The molecule has 0 saturated heterocycles. The molecule has 1 fully saturated rings. The minimum absolute atomic E-state index is 0. The monoisotopic (exact) mass is 274 g/mol. The summed E-state index contributed by atoms with van der Waals surface area (Å²) in [6.45, 7) is 2.29. The van der Waals surface area contributed by atoms with E-state index >= 15 is 0 Å². The van der Waals surface area contributed by atoms with E-state index < -0.39 is 0 Å². The second kappa shape index (κ2) is 10.0. The Bertz CT molecular complexity index is 343. The van der Waals surface area contributed by atoms with Crippen molar-refractivity contribution in [3.63, 3.8) is 0 Å². The molecule has 1 aliphatic carbocycles. The van der Waals surface area contributed by atoms with Crippen LogP contribution in [-0.4, -0.2) is 18.8 Å². The Morgan fingerprint density at radius 3 is 2.10 bits per heavy atom. The molecule has 0 aliphatic heterocycles. The number of rotatable bonds is 5. The first-order chi connectivity index (χ1) is 8.79. The number of benzene rings is 1. The zero-order chi connectivity index (χ0) is 12.8. The van der Waals surface area contributed by atoms with Crippen LogP contribution in [0.25, 0.3) is 0 Å². The van der Waals surface area contributed by atoms with Crippen molar-refractivity contribution < 1.29 is 11.0 Å². The predicted molar refractivity (Wildman–Crippen MR) is 84.5 cm³/mol. The van der Waals surface area contributed by atoms with Gasteiger partial charge in [-0.1, -0.05) is 6.92 Å². The number of hydrogen-bond donors (Lipinski definition) is 0. The van der Waals surface area contributed by atoms with Crippen molar-refractivity contribution in [2.75, 3.05) is 0 Å². The van der Waals surface area contributed by atoms with Crippen LogP contribution in [0.1, 0.15) is 69.8 Å². The third kappa shape index (κ3) is 5.68. The van der Waals surface area contributed by atoms with Crippen molar-refractivity contribution in [3.8, 4) is 0 Å². The fraction of sp³-hybridized carbons (Fsp3) is 0.647. The van der Waals surface area contributed by atoms with Gasteiger partial charge in [0.15, 0.2) is 0 Å². The standard InChI is InChI=1S/C17H25B.2H2O/c1-2-3-4-5-14-6-8-15(9-7-14)16-10-12-17(18)13-11-16;;/h10-15H,2-9H2,1H3;2*1H2/q+2;;/p-2/t14-,15-;;. The molecule has 0 unspecified atom stereocenters. The number of unbranched alkanes of at least 4 members (excludes halogenated alkanes) is 2. The first kappa shape index (κ1) is 19.2. The van der Waals surface area contributed by atoms with Gasteiger partial charge in [0, 0.05) is 0 Å². The fourth-order valence-corrected chi connectivity index (χ4v) is 3.24. The first-order valence-corrected chi connectivity index (χ1v) is 7.65. The number of hydrogen-bond acceptors (Lipinski definition) is 2. The van der Waals surface area contributed by atoms with Gasteiger partial charge in [-0.2, -0.15) is 0 Å². The van der Waals surface area contributed by atoms with Gasteiger partial charge < -0.3 is 11.0 Å². The molecule has 0 amide bonds. The molecule has 110 valence electrons. The second-order valence-corrected chi connectivity index (χ2v) is 5.88. The molecular formula is C17H27BO2. The smallest absolute Gasteiger partial charge is 0.870 e. The van der Waals surface area contributed by atoms with Crippen LogP contribution in [0.15, 0.2) is 24.3 Å². The summed E-state index contributed by atoms with van der Waals surface area (Å²) in [5.41, 5.74) is 2.38. The average Bonchev–Trinajstić information content (AvgIpc) is 2.41. The van der Waals surface area contributed by atoms with E-state index in [-0.39, 0.29) is 11.0 Å². The Morgan fingerprint density at radius 2 is 1.55 bits per heavy atom. The van der Waals surface area contributed by atoms with Crippen molar-refractivity contribution in [2.24, 2.45) is 5.92 Å². The van der Waals surface area contributed by atoms with Crippen molar-refractivity contribution in [1.29, 1.82) is 0 Å². The van der Waals surface area contributed by atoms with E-state index in [4.69, 9.17) is 7.85 Å². The van der Waals surface area contributed by atoms with Gasteiger partial charge in [0.1, 0.15) is 0 Å². The molecule has 2 N–H and O–H groups in total. The van der Waals surface area contributed by atoms with E-state index in [1.165, 1.54) is 56.9 Å². The first-order valence-electron chi connectivity index (χ1n) is 7.65. The molecule has 0 atom stereocenters. The van der Waals surface area contributed by atoms with E-state index in [0.29, 0.717) is 0 Å². The Morgan fingerprint density at radius 1 is 0.950 bits per heavy atom. The molecule has 0 bridgehead atoms. The summed E-state index contributed by atoms with van der Waals surface area (Å²) in [6, 6.07) is 8.53. The van der Waals surface area contributed by atoms with Crippen LogP contribution in [0.2, 0.25) is 0 Å². The largest absolute Gasteiger partial charge is 0.870 e. The van der Waals surface area contributed by atoms with Gasteiger partial charge in [-0.25, -0.2) is 0 Å². The van der Waals surface area contributed by atoms with E-state index in [1.807, 2.05) is 12.1 Å². The van der Waals surface area contributed by atoms with Crippen molar-refractivity contribution in [1.82, 2.24) is 0 Å². The molecule has 0 radical (unpaired) electrons. The van der Waals surface area contributed by atoms with E-state index in [9.17, 15) is 0 Å². The summed E-state index contributed by atoms with van der Waals surface area (Å²) in [6.07, 6.45) is 11.3. The van der Waals surface area contributed by atoms with Crippen molar-refractivity contribution in [3.05, 3.63) is 29.8 Å². The van der Waals surface area contributed by atoms with Crippen molar-refractivity contribution >= 4 is 13.3 Å². The third-order valence-electron chi connectivity index (χ3n) is 4.47. The maximum Gasteiger partial charge on any atom is -0.870 e. The van der Waals surface area contributed by atoms with E-state index in [0.717, 1.165) is 17.3 Å². The molecule has 1 aliphatic rings. The molecule has 1 aromatic rings. The zero-order valence-corrected chi connectivity index (χ0v) is 12.6. The van der Waals surface area contributed by atoms with E-state index in [2.05, 4.69) is 19.1 Å². The fourth-order valence-electron chi connectivity index (χ4n) is 3.24. The zero-order valence-electron chi connectivity index (χ0n) is 12.6. The molecule has 3 heteroatoms. The van der Waals surface area contributed by atoms with Gasteiger partial charge in [0.25, 0.3) is 0 Å². The Balaban J connectivity index is 0.00000180. The molecule has 0 aromatic heterocycles. The second-order valence-electron chi connectivity index (χ2n) is 5.88. The van der Waals surface area contributed by atoms with Gasteiger partial charge in [-0.3, -0.25) is 0 Å².